The van der Waals surface area contributed by atoms with Gasteiger partial charge in [-0.25, -0.2) is 4.79 Å². The maximum absolute atomic E-state index is 10.7. The first kappa shape index (κ1) is 12.0. The SMILES string of the molecule is CC(C)N1CCCC(c2noc(C(=O)O)n2)C1. The minimum atomic E-state index is -1.17. The molecule has 0 aromatic carbocycles. The molecule has 17 heavy (non-hydrogen) atoms. The molecule has 0 amide bonds. The number of aromatic nitrogens is 2. The zero-order valence-corrected chi connectivity index (χ0v) is 10.1. The fourth-order valence-corrected chi connectivity index (χ4v) is 2.17. The quantitative estimate of drug-likeness (QED) is 0.857. The summed E-state index contributed by atoms with van der Waals surface area (Å²) in [4.78, 5) is 16.9. The number of rotatable bonds is 3. The van der Waals surface area contributed by atoms with Gasteiger partial charge in [-0.2, -0.15) is 4.98 Å². The average Bonchev–Trinajstić information content (AvgIpc) is 2.78. The fraction of sp³-hybridized carbons (Fsp3) is 0.727. The molecule has 1 fully saturated rings. The topological polar surface area (TPSA) is 79.5 Å². The maximum atomic E-state index is 10.7. The molecular weight excluding hydrogens is 222 g/mol. The second-order valence-corrected chi connectivity index (χ2v) is 4.69. The van der Waals surface area contributed by atoms with Crippen LogP contribution in [0, 0.1) is 0 Å². The first-order valence-corrected chi connectivity index (χ1v) is 5.89. The Hall–Kier alpha value is -1.43. The van der Waals surface area contributed by atoms with E-state index in [1.54, 1.807) is 0 Å². The Kier molecular flexibility index (Phi) is 3.42. The summed E-state index contributed by atoms with van der Waals surface area (Å²) in [5.41, 5.74) is 0. The van der Waals surface area contributed by atoms with Gasteiger partial charge in [0.15, 0.2) is 5.82 Å². The molecule has 0 spiro atoms. The lowest BCUT2D eigenvalue weighted by Crippen LogP contribution is -2.39. The van der Waals surface area contributed by atoms with Gasteiger partial charge < -0.3 is 14.5 Å². The number of carboxylic acids is 1. The van der Waals surface area contributed by atoms with E-state index in [2.05, 4.69) is 28.9 Å². The Morgan fingerprint density at radius 1 is 1.59 bits per heavy atom. The molecule has 2 rings (SSSR count). The van der Waals surface area contributed by atoms with Gasteiger partial charge in [0, 0.05) is 18.5 Å². The number of carbonyl (C=O) groups is 1. The minimum Gasteiger partial charge on any atom is -0.474 e. The molecule has 1 saturated heterocycles. The van der Waals surface area contributed by atoms with Crippen molar-refractivity contribution in [1.29, 1.82) is 0 Å². The largest absolute Gasteiger partial charge is 0.474 e. The summed E-state index contributed by atoms with van der Waals surface area (Å²) < 4.78 is 4.70. The molecule has 0 saturated carbocycles. The number of carboxylic acid groups (broad SMARTS) is 1. The van der Waals surface area contributed by atoms with E-state index in [-0.39, 0.29) is 11.8 Å². The van der Waals surface area contributed by atoms with Crippen molar-refractivity contribution in [3.05, 3.63) is 11.7 Å². The molecule has 0 bridgehead atoms. The zero-order valence-electron chi connectivity index (χ0n) is 10.1. The van der Waals surface area contributed by atoms with Crippen molar-refractivity contribution in [1.82, 2.24) is 15.0 Å². The minimum absolute atomic E-state index is 0.183. The molecule has 0 aliphatic carbocycles. The Balaban J connectivity index is 2.08. The fourth-order valence-electron chi connectivity index (χ4n) is 2.17. The van der Waals surface area contributed by atoms with E-state index in [9.17, 15) is 4.79 Å². The highest BCUT2D eigenvalue weighted by molar-refractivity contribution is 5.81. The highest BCUT2D eigenvalue weighted by Crippen LogP contribution is 2.25. The molecule has 6 heteroatoms. The lowest BCUT2D eigenvalue weighted by Gasteiger charge is -2.34. The summed E-state index contributed by atoms with van der Waals surface area (Å²) in [5.74, 6) is -0.780. The Morgan fingerprint density at radius 3 is 2.94 bits per heavy atom. The first-order chi connectivity index (χ1) is 8.08. The molecule has 1 atom stereocenters. The molecule has 1 aromatic heterocycles. The van der Waals surface area contributed by atoms with Crippen LogP contribution in [-0.2, 0) is 0 Å². The summed E-state index contributed by atoms with van der Waals surface area (Å²) in [6, 6.07) is 0.489. The van der Waals surface area contributed by atoms with E-state index in [1.165, 1.54) is 0 Å². The Bertz CT molecular complexity index is 402. The Labute approximate surface area is 99.6 Å². The van der Waals surface area contributed by atoms with Gasteiger partial charge in [0.25, 0.3) is 0 Å². The number of aromatic carboxylic acids is 1. The number of hydrogen-bond acceptors (Lipinski definition) is 5. The average molecular weight is 239 g/mol. The van der Waals surface area contributed by atoms with E-state index in [1.807, 2.05) is 0 Å². The second kappa shape index (κ2) is 4.83. The van der Waals surface area contributed by atoms with E-state index < -0.39 is 5.97 Å². The summed E-state index contributed by atoms with van der Waals surface area (Å²) in [6.45, 7) is 6.26. The predicted molar refractivity (Wildman–Crippen MR) is 59.9 cm³/mol. The van der Waals surface area contributed by atoms with Gasteiger partial charge in [0.1, 0.15) is 0 Å². The molecule has 94 valence electrons. The van der Waals surface area contributed by atoms with Gasteiger partial charge in [0.2, 0.25) is 0 Å². The summed E-state index contributed by atoms with van der Waals surface area (Å²) in [6.07, 6.45) is 2.07. The lowest BCUT2D eigenvalue weighted by molar-refractivity contribution is 0.0643. The van der Waals surface area contributed by atoms with E-state index >= 15 is 0 Å². The summed E-state index contributed by atoms with van der Waals surface area (Å²) in [7, 11) is 0. The van der Waals surface area contributed by atoms with Gasteiger partial charge in [0.05, 0.1) is 0 Å². The van der Waals surface area contributed by atoms with Gasteiger partial charge >= 0.3 is 11.9 Å². The van der Waals surface area contributed by atoms with Crippen LogP contribution in [0.1, 0.15) is 49.1 Å². The van der Waals surface area contributed by atoms with Crippen LogP contribution in [0.5, 0.6) is 0 Å². The van der Waals surface area contributed by atoms with Crippen LogP contribution in [0.25, 0.3) is 0 Å². The molecule has 1 aliphatic rings. The van der Waals surface area contributed by atoms with E-state index in [0.717, 1.165) is 25.9 Å². The molecule has 1 unspecified atom stereocenters. The number of hydrogen-bond donors (Lipinski definition) is 1. The Morgan fingerprint density at radius 2 is 2.35 bits per heavy atom. The monoisotopic (exact) mass is 239 g/mol. The standard InChI is InChI=1S/C11H17N3O3/c1-7(2)14-5-3-4-8(6-14)9-12-10(11(15)16)17-13-9/h7-8H,3-6H2,1-2H3,(H,15,16). The highest BCUT2D eigenvalue weighted by Gasteiger charge is 2.27. The molecular formula is C11H17N3O3. The van der Waals surface area contributed by atoms with Crippen molar-refractivity contribution in [3.8, 4) is 0 Å². The van der Waals surface area contributed by atoms with Gasteiger partial charge in [-0.3, -0.25) is 0 Å². The van der Waals surface area contributed by atoms with Crippen molar-refractivity contribution >= 4 is 5.97 Å². The predicted octanol–water partition coefficient (Wildman–Crippen LogP) is 1.36. The molecule has 2 heterocycles. The van der Waals surface area contributed by atoms with Crippen LogP contribution < -0.4 is 0 Å². The molecule has 1 aliphatic heterocycles. The third kappa shape index (κ3) is 2.63. The summed E-state index contributed by atoms with van der Waals surface area (Å²) >= 11 is 0. The van der Waals surface area contributed by atoms with Gasteiger partial charge in [-0.1, -0.05) is 5.16 Å². The third-order valence-corrected chi connectivity index (χ3v) is 3.17. The van der Waals surface area contributed by atoms with Gasteiger partial charge in [-0.15, -0.1) is 0 Å². The number of nitrogens with zero attached hydrogens (tertiary/aromatic N) is 3. The van der Waals surface area contributed by atoms with Gasteiger partial charge in [-0.05, 0) is 33.2 Å². The van der Waals surface area contributed by atoms with Crippen molar-refractivity contribution in [2.24, 2.45) is 0 Å². The van der Waals surface area contributed by atoms with Crippen molar-refractivity contribution in [2.75, 3.05) is 13.1 Å². The smallest absolute Gasteiger partial charge is 0.394 e. The van der Waals surface area contributed by atoms with Crippen molar-refractivity contribution < 1.29 is 14.4 Å². The molecule has 6 nitrogen and oxygen atoms in total. The zero-order chi connectivity index (χ0) is 12.4. The van der Waals surface area contributed by atoms with Crippen LogP contribution in [0.2, 0.25) is 0 Å². The molecule has 1 N–H and O–H groups in total. The van der Waals surface area contributed by atoms with Crippen LogP contribution in [-0.4, -0.2) is 45.2 Å². The second-order valence-electron chi connectivity index (χ2n) is 4.69. The van der Waals surface area contributed by atoms with Crippen molar-refractivity contribution in [2.45, 2.75) is 38.6 Å². The number of likely N-dealkylation sites (tertiary alicyclic amines) is 1. The molecule has 1 aromatic rings. The normalized spacial score (nSPS) is 21.9. The maximum Gasteiger partial charge on any atom is 0.394 e. The van der Waals surface area contributed by atoms with Crippen LogP contribution >= 0.6 is 0 Å². The van der Waals surface area contributed by atoms with Crippen LogP contribution in [0.4, 0.5) is 0 Å². The highest BCUT2D eigenvalue weighted by atomic mass is 16.5. The molecule has 0 radical (unpaired) electrons. The summed E-state index contributed by atoms with van der Waals surface area (Å²) in [5, 5.41) is 12.5. The van der Waals surface area contributed by atoms with Crippen LogP contribution in [0.3, 0.4) is 0 Å². The number of piperidine rings is 1. The van der Waals surface area contributed by atoms with E-state index in [4.69, 9.17) is 9.63 Å². The van der Waals surface area contributed by atoms with Crippen molar-refractivity contribution in [3.63, 3.8) is 0 Å². The van der Waals surface area contributed by atoms with Crippen LogP contribution in [0.15, 0.2) is 4.52 Å². The first-order valence-electron chi connectivity index (χ1n) is 5.89. The van der Waals surface area contributed by atoms with E-state index in [0.29, 0.717) is 11.9 Å². The third-order valence-electron chi connectivity index (χ3n) is 3.17. The lowest BCUT2D eigenvalue weighted by atomic mass is 9.96.